The molecule has 0 bridgehead atoms. The second-order valence-electron chi connectivity index (χ2n) is 6.40. The first-order chi connectivity index (χ1) is 13.1. The molecule has 0 saturated carbocycles. The summed E-state index contributed by atoms with van der Waals surface area (Å²) < 4.78 is 3.39. The number of rotatable bonds is 5. The zero-order valence-corrected chi connectivity index (χ0v) is 15.5. The van der Waals surface area contributed by atoms with Gasteiger partial charge in [0.05, 0.1) is 28.2 Å². The van der Waals surface area contributed by atoms with Gasteiger partial charge < -0.3 is 15.4 Å². The maximum absolute atomic E-state index is 10.7. The van der Waals surface area contributed by atoms with E-state index in [1.165, 1.54) is 0 Å². The molecule has 3 N–H and O–H groups in total. The monoisotopic (exact) mass is 382 g/mol. The molecule has 27 heavy (non-hydrogen) atoms. The quantitative estimate of drug-likeness (QED) is 0.553. The van der Waals surface area contributed by atoms with Crippen LogP contribution in [0.5, 0.6) is 5.88 Å². The van der Waals surface area contributed by atoms with Crippen molar-refractivity contribution >= 4 is 22.5 Å². The number of hydrogen-bond acceptors (Lipinski definition) is 5. The van der Waals surface area contributed by atoms with Gasteiger partial charge in [-0.3, -0.25) is 4.68 Å². The summed E-state index contributed by atoms with van der Waals surface area (Å²) in [5.74, 6) is 0.566. The number of benzene rings is 1. The Balaban J connectivity index is 1.75. The van der Waals surface area contributed by atoms with Crippen LogP contribution in [0, 0.1) is 0 Å². The number of halogens is 1. The Morgan fingerprint density at radius 3 is 2.67 bits per heavy atom. The van der Waals surface area contributed by atoms with E-state index in [1.54, 1.807) is 34.9 Å². The fourth-order valence-corrected chi connectivity index (χ4v) is 3.48. The second kappa shape index (κ2) is 7.02. The number of hydrogen-bond donors (Lipinski definition) is 2. The fraction of sp³-hybridized carbons (Fsp3) is 0.211. The average molecular weight is 383 g/mol. The molecule has 4 rings (SSSR count). The van der Waals surface area contributed by atoms with Gasteiger partial charge in [-0.25, -0.2) is 9.97 Å². The molecule has 8 heteroatoms. The molecule has 1 aromatic carbocycles. The minimum absolute atomic E-state index is 0.0923. The Labute approximate surface area is 161 Å². The minimum atomic E-state index is -0.0923. The minimum Gasteiger partial charge on any atom is -0.494 e. The van der Waals surface area contributed by atoms with Crippen LogP contribution in [0.3, 0.4) is 0 Å². The summed E-state index contributed by atoms with van der Waals surface area (Å²) in [6.07, 6.45) is 5.67. The van der Waals surface area contributed by atoms with Gasteiger partial charge in [-0.15, -0.1) is 0 Å². The lowest BCUT2D eigenvalue weighted by Crippen LogP contribution is -2.20. The van der Waals surface area contributed by atoms with Crippen LogP contribution in [0.1, 0.15) is 11.6 Å². The molecule has 0 amide bonds. The van der Waals surface area contributed by atoms with Crippen molar-refractivity contribution in [2.45, 2.75) is 12.5 Å². The Morgan fingerprint density at radius 1 is 1.22 bits per heavy atom. The zero-order chi connectivity index (χ0) is 19.0. The lowest BCUT2D eigenvalue weighted by Gasteiger charge is -2.18. The third-order valence-corrected chi connectivity index (χ3v) is 4.93. The van der Waals surface area contributed by atoms with Crippen LogP contribution < -0.4 is 5.73 Å². The summed E-state index contributed by atoms with van der Waals surface area (Å²) in [5.41, 5.74) is 8.40. The van der Waals surface area contributed by atoms with Gasteiger partial charge in [-0.1, -0.05) is 41.9 Å². The van der Waals surface area contributed by atoms with E-state index in [0.29, 0.717) is 40.4 Å². The van der Waals surface area contributed by atoms with Crippen molar-refractivity contribution in [3.05, 3.63) is 59.5 Å². The average Bonchev–Trinajstić information content (AvgIpc) is 3.19. The van der Waals surface area contributed by atoms with E-state index in [0.717, 1.165) is 5.56 Å². The smallest absolute Gasteiger partial charge is 0.202 e. The van der Waals surface area contributed by atoms with Gasteiger partial charge in [0.1, 0.15) is 5.69 Å². The normalized spacial score (nSPS) is 12.6. The number of aryl methyl sites for hydroxylation is 1. The van der Waals surface area contributed by atoms with Crippen molar-refractivity contribution in [2.24, 2.45) is 12.8 Å². The van der Waals surface area contributed by atoms with Crippen LogP contribution in [-0.2, 0) is 13.5 Å². The van der Waals surface area contributed by atoms with Crippen molar-refractivity contribution in [2.75, 3.05) is 6.54 Å². The fourth-order valence-electron chi connectivity index (χ4n) is 3.23. The van der Waals surface area contributed by atoms with Gasteiger partial charge in [0.25, 0.3) is 0 Å². The van der Waals surface area contributed by atoms with E-state index >= 15 is 0 Å². The van der Waals surface area contributed by atoms with Crippen LogP contribution in [0.15, 0.2) is 48.9 Å². The predicted molar refractivity (Wildman–Crippen MR) is 105 cm³/mol. The van der Waals surface area contributed by atoms with Crippen molar-refractivity contribution in [3.63, 3.8) is 0 Å². The maximum Gasteiger partial charge on any atom is 0.202 e. The molecule has 3 aromatic heterocycles. The highest BCUT2D eigenvalue weighted by Gasteiger charge is 2.19. The van der Waals surface area contributed by atoms with Crippen LogP contribution in [0.2, 0.25) is 5.02 Å². The highest BCUT2D eigenvalue weighted by molar-refractivity contribution is 6.32. The predicted octanol–water partition coefficient (Wildman–Crippen LogP) is 2.93. The standard InChI is InChI=1S/C19H19ClN6O/c1-25-17(15(20)10-23-25)18-22-9-14-16(24-18)11-26(19(14)27)13(8-21)7-12-5-3-2-4-6-12/h2-6,9-11,13,27H,7-8,21H2,1H3. The number of aromatic nitrogens is 5. The first-order valence-electron chi connectivity index (χ1n) is 8.57. The van der Waals surface area contributed by atoms with Crippen LogP contribution >= 0.6 is 11.6 Å². The number of nitrogens with zero attached hydrogens (tertiary/aromatic N) is 5. The molecular weight excluding hydrogens is 364 g/mol. The summed E-state index contributed by atoms with van der Waals surface area (Å²) in [5, 5.41) is 15.8. The molecule has 3 heterocycles. The van der Waals surface area contributed by atoms with Crippen molar-refractivity contribution in [1.29, 1.82) is 0 Å². The van der Waals surface area contributed by atoms with Crippen LogP contribution in [0.25, 0.3) is 22.4 Å². The molecule has 0 fully saturated rings. The van der Waals surface area contributed by atoms with Crippen molar-refractivity contribution in [3.8, 4) is 17.4 Å². The SMILES string of the molecule is Cn1ncc(Cl)c1-c1ncc2c(O)n(C(CN)Cc3ccccc3)cc2n1. The Kier molecular flexibility index (Phi) is 4.55. The third-order valence-electron chi connectivity index (χ3n) is 4.65. The first kappa shape index (κ1) is 17.5. The second-order valence-corrected chi connectivity index (χ2v) is 6.80. The summed E-state index contributed by atoms with van der Waals surface area (Å²) >= 11 is 6.20. The van der Waals surface area contributed by atoms with Gasteiger partial charge in [-0.05, 0) is 12.0 Å². The molecule has 1 unspecified atom stereocenters. The molecule has 7 nitrogen and oxygen atoms in total. The summed E-state index contributed by atoms with van der Waals surface area (Å²) in [4.78, 5) is 8.92. The molecule has 0 saturated heterocycles. The first-order valence-corrected chi connectivity index (χ1v) is 8.94. The molecule has 0 spiro atoms. The van der Waals surface area contributed by atoms with Gasteiger partial charge in [0, 0.05) is 26.0 Å². The Bertz CT molecular complexity index is 1070. The lowest BCUT2D eigenvalue weighted by molar-refractivity contribution is 0.385. The summed E-state index contributed by atoms with van der Waals surface area (Å²) in [7, 11) is 1.78. The summed E-state index contributed by atoms with van der Waals surface area (Å²) in [6.45, 7) is 0.386. The molecule has 0 aliphatic heterocycles. The third kappa shape index (κ3) is 3.15. The van der Waals surface area contributed by atoms with E-state index in [-0.39, 0.29) is 11.9 Å². The molecule has 1 atom stereocenters. The maximum atomic E-state index is 10.7. The lowest BCUT2D eigenvalue weighted by atomic mass is 10.1. The molecular formula is C19H19ClN6O. The molecule has 0 aliphatic rings. The van der Waals surface area contributed by atoms with E-state index in [1.807, 2.05) is 30.3 Å². The summed E-state index contributed by atoms with van der Waals surface area (Å²) in [6, 6.07) is 9.96. The Morgan fingerprint density at radius 2 is 2.00 bits per heavy atom. The topological polar surface area (TPSA) is 94.8 Å². The van der Waals surface area contributed by atoms with E-state index < -0.39 is 0 Å². The largest absolute Gasteiger partial charge is 0.494 e. The van der Waals surface area contributed by atoms with E-state index in [4.69, 9.17) is 17.3 Å². The zero-order valence-electron chi connectivity index (χ0n) is 14.7. The molecule has 138 valence electrons. The Hall–Kier alpha value is -2.90. The molecule has 0 radical (unpaired) electrons. The van der Waals surface area contributed by atoms with Crippen LogP contribution in [0.4, 0.5) is 0 Å². The van der Waals surface area contributed by atoms with Crippen LogP contribution in [-0.4, -0.2) is 36.0 Å². The number of aromatic hydroxyl groups is 1. The van der Waals surface area contributed by atoms with Gasteiger partial charge in [-0.2, -0.15) is 5.10 Å². The van der Waals surface area contributed by atoms with E-state index in [2.05, 4.69) is 15.1 Å². The highest BCUT2D eigenvalue weighted by Crippen LogP contribution is 2.32. The number of nitrogens with two attached hydrogens (primary N) is 1. The van der Waals surface area contributed by atoms with Gasteiger partial charge in [0.15, 0.2) is 5.82 Å². The number of fused-ring (bicyclic) bond motifs is 1. The van der Waals surface area contributed by atoms with Gasteiger partial charge >= 0.3 is 0 Å². The van der Waals surface area contributed by atoms with Crippen molar-refractivity contribution < 1.29 is 5.11 Å². The molecule has 4 aromatic rings. The van der Waals surface area contributed by atoms with Crippen molar-refractivity contribution in [1.82, 2.24) is 24.3 Å². The van der Waals surface area contributed by atoms with E-state index in [9.17, 15) is 5.11 Å². The highest BCUT2D eigenvalue weighted by atomic mass is 35.5. The molecule has 0 aliphatic carbocycles. The van der Waals surface area contributed by atoms with Gasteiger partial charge in [0.2, 0.25) is 5.88 Å².